The number of carbonyl (C=O) groups is 1. The summed E-state index contributed by atoms with van der Waals surface area (Å²) in [6.45, 7) is 5.34. The van der Waals surface area contributed by atoms with Gasteiger partial charge in [0.2, 0.25) is 0 Å². The number of nitrogens with two attached hydrogens (primary N) is 1. The second-order valence-electron chi connectivity index (χ2n) is 5.34. The molecule has 120 valence electrons. The van der Waals surface area contributed by atoms with E-state index in [9.17, 15) is 4.79 Å². The minimum absolute atomic E-state index is 0.127. The molecule has 0 unspecified atom stereocenters. The van der Waals surface area contributed by atoms with Gasteiger partial charge in [-0.25, -0.2) is 9.97 Å². The molecular weight excluding hydrogens is 294 g/mol. The molecule has 0 bridgehead atoms. The molecule has 7 nitrogen and oxygen atoms in total. The normalized spacial score (nSPS) is 14.6. The lowest BCUT2D eigenvalue weighted by Gasteiger charge is -2.30. The standard InChI is InChI=1S/C16H19N5O2/c1-11-10-12(2-3-13(11)21-6-8-23-9-7-21)20-16-14(15(17)22)18-4-5-19-16/h2-5,10H,6-9H2,1H3,(H2,17,22)(H,19,20). The number of hydrogen-bond donors (Lipinski definition) is 2. The van der Waals surface area contributed by atoms with Crippen LogP contribution in [0.1, 0.15) is 16.1 Å². The molecule has 0 aliphatic carbocycles. The summed E-state index contributed by atoms with van der Waals surface area (Å²) < 4.78 is 5.39. The second kappa shape index (κ2) is 6.62. The Balaban J connectivity index is 1.82. The molecule has 1 saturated heterocycles. The van der Waals surface area contributed by atoms with E-state index < -0.39 is 5.91 Å². The zero-order valence-corrected chi connectivity index (χ0v) is 13.0. The molecular formula is C16H19N5O2. The number of anilines is 3. The van der Waals surface area contributed by atoms with E-state index >= 15 is 0 Å². The number of rotatable bonds is 4. The summed E-state index contributed by atoms with van der Waals surface area (Å²) in [5.41, 5.74) is 8.61. The molecule has 1 aliphatic heterocycles. The Morgan fingerprint density at radius 1 is 1.26 bits per heavy atom. The summed E-state index contributed by atoms with van der Waals surface area (Å²) in [4.78, 5) is 21.8. The van der Waals surface area contributed by atoms with Gasteiger partial charge >= 0.3 is 0 Å². The van der Waals surface area contributed by atoms with Gasteiger partial charge in [0.25, 0.3) is 5.91 Å². The molecule has 3 rings (SSSR count). The van der Waals surface area contributed by atoms with E-state index in [1.165, 1.54) is 18.1 Å². The molecule has 23 heavy (non-hydrogen) atoms. The average Bonchev–Trinajstić information content (AvgIpc) is 2.56. The highest BCUT2D eigenvalue weighted by molar-refractivity contribution is 5.96. The smallest absolute Gasteiger partial charge is 0.271 e. The van der Waals surface area contributed by atoms with Crippen molar-refractivity contribution in [3.8, 4) is 0 Å². The first-order valence-electron chi connectivity index (χ1n) is 7.46. The summed E-state index contributed by atoms with van der Waals surface area (Å²) in [7, 11) is 0. The van der Waals surface area contributed by atoms with Gasteiger partial charge in [0.15, 0.2) is 11.5 Å². The van der Waals surface area contributed by atoms with Crippen LogP contribution in [0.4, 0.5) is 17.2 Å². The molecule has 0 saturated carbocycles. The lowest BCUT2D eigenvalue weighted by Crippen LogP contribution is -2.36. The van der Waals surface area contributed by atoms with Crippen LogP contribution in [0.3, 0.4) is 0 Å². The maximum Gasteiger partial charge on any atom is 0.271 e. The zero-order valence-electron chi connectivity index (χ0n) is 13.0. The number of hydrogen-bond acceptors (Lipinski definition) is 6. The number of aryl methyl sites for hydroxylation is 1. The van der Waals surface area contributed by atoms with Crippen molar-refractivity contribution in [2.75, 3.05) is 36.5 Å². The molecule has 0 radical (unpaired) electrons. The predicted octanol–water partition coefficient (Wildman–Crippen LogP) is 1.46. The van der Waals surface area contributed by atoms with Crippen molar-refractivity contribution in [2.24, 2.45) is 5.73 Å². The minimum atomic E-state index is -0.609. The molecule has 1 aliphatic rings. The van der Waals surface area contributed by atoms with Crippen LogP contribution in [0.25, 0.3) is 0 Å². The quantitative estimate of drug-likeness (QED) is 0.887. The number of morpholine rings is 1. The number of benzene rings is 1. The number of aromatic nitrogens is 2. The predicted molar refractivity (Wildman–Crippen MR) is 88.0 cm³/mol. The van der Waals surface area contributed by atoms with Crippen LogP contribution in [0.15, 0.2) is 30.6 Å². The molecule has 1 aromatic heterocycles. The largest absolute Gasteiger partial charge is 0.378 e. The summed E-state index contributed by atoms with van der Waals surface area (Å²) in [5.74, 6) is -0.249. The van der Waals surface area contributed by atoms with Gasteiger partial charge in [-0.3, -0.25) is 4.79 Å². The zero-order chi connectivity index (χ0) is 16.2. The Labute approximate surface area is 134 Å². The molecule has 7 heteroatoms. The first-order valence-corrected chi connectivity index (χ1v) is 7.46. The van der Waals surface area contributed by atoms with Gasteiger partial charge in [-0.15, -0.1) is 0 Å². The van der Waals surface area contributed by atoms with E-state index in [0.29, 0.717) is 5.82 Å². The summed E-state index contributed by atoms with van der Waals surface area (Å²) >= 11 is 0. The molecule has 2 heterocycles. The Hall–Kier alpha value is -2.67. The number of carbonyl (C=O) groups excluding carboxylic acids is 1. The fraction of sp³-hybridized carbons (Fsp3) is 0.312. The lowest BCUT2D eigenvalue weighted by molar-refractivity contribution is 0.0996. The minimum Gasteiger partial charge on any atom is -0.378 e. The molecule has 3 N–H and O–H groups in total. The van der Waals surface area contributed by atoms with Crippen molar-refractivity contribution in [1.29, 1.82) is 0 Å². The van der Waals surface area contributed by atoms with Crippen molar-refractivity contribution in [2.45, 2.75) is 6.92 Å². The maximum atomic E-state index is 11.4. The summed E-state index contributed by atoms with van der Waals surface area (Å²) in [5, 5.41) is 3.11. The van der Waals surface area contributed by atoms with Crippen LogP contribution in [-0.2, 0) is 4.74 Å². The van der Waals surface area contributed by atoms with Gasteiger partial charge < -0.3 is 20.7 Å². The van der Waals surface area contributed by atoms with E-state index in [2.05, 4.69) is 33.2 Å². The Bertz CT molecular complexity index is 713. The van der Waals surface area contributed by atoms with Crippen LogP contribution < -0.4 is 16.0 Å². The first-order chi connectivity index (χ1) is 11.1. The van der Waals surface area contributed by atoms with E-state index in [1.807, 2.05) is 12.1 Å². The Morgan fingerprint density at radius 3 is 2.70 bits per heavy atom. The van der Waals surface area contributed by atoms with Gasteiger partial charge in [0, 0.05) is 36.9 Å². The van der Waals surface area contributed by atoms with Crippen molar-refractivity contribution >= 4 is 23.1 Å². The second-order valence-corrected chi connectivity index (χ2v) is 5.34. The SMILES string of the molecule is Cc1cc(Nc2nccnc2C(N)=O)ccc1N1CCOCC1. The molecule has 1 amide bonds. The van der Waals surface area contributed by atoms with E-state index in [0.717, 1.165) is 37.6 Å². The van der Waals surface area contributed by atoms with Crippen molar-refractivity contribution in [3.05, 3.63) is 41.9 Å². The van der Waals surface area contributed by atoms with Gasteiger partial charge in [-0.2, -0.15) is 0 Å². The number of ether oxygens (including phenoxy) is 1. The summed E-state index contributed by atoms with van der Waals surface area (Å²) in [6, 6.07) is 6.03. The van der Waals surface area contributed by atoms with Crippen LogP contribution in [0, 0.1) is 6.92 Å². The van der Waals surface area contributed by atoms with Crippen LogP contribution in [-0.4, -0.2) is 42.2 Å². The molecule has 0 spiro atoms. The number of amides is 1. The third kappa shape index (κ3) is 3.40. The highest BCUT2D eigenvalue weighted by atomic mass is 16.5. The van der Waals surface area contributed by atoms with Crippen LogP contribution >= 0.6 is 0 Å². The molecule has 0 atom stereocenters. The number of nitrogens with zero attached hydrogens (tertiary/aromatic N) is 3. The third-order valence-corrected chi connectivity index (χ3v) is 3.74. The molecule has 1 aromatic carbocycles. The topological polar surface area (TPSA) is 93.4 Å². The van der Waals surface area contributed by atoms with Crippen molar-refractivity contribution in [1.82, 2.24) is 9.97 Å². The Morgan fingerprint density at radius 2 is 2.00 bits per heavy atom. The van der Waals surface area contributed by atoms with Crippen molar-refractivity contribution in [3.63, 3.8) is 0 Å². The monoisotopic (exact) mass is 313 g/mol. The molecule has 2 aromatic rings. The van der Waals surface area contributed by atoms with Crippen LogP contribution in [0.2, 0.25) is 0 Å². The van der Waals surface area contributed by atoms with Gasteiger partial charge in [0.1, 0.15) is 0 Å². The highest BCUT2D eigenvalue weighted by Gasteiger charge is 2.15. The van der Waals surface area contributed by atoms with Gasteiger partial charge in [-0.05, 0) is 30.7 Å². The van der Waals surface area contributed by atoms with Gasteiger partial charge in [0.05, 0.1) is 13.2 Å². The lowest BCUT2D eigenvalue weighted by atomic mass is 10.1. The van der Waals surface area contributed by atoms with Crippen LogP contribution in [0.5, 0.6) is 0 Å². The highest BCUT2D eigenvalue weighted by Crippen LogP contribution is 2.26. The summed E-state index contributed by atoms with van der Waals surface area (Å²) in [6.07, 6.45) is 2.96. The van der Waals surface area contributed by atoms with E-state index in [4.69, 9.17) is 10.5 Å². The van der Waals surface area contributed by atoms with Gasteiger partial charge in [-0.1, -0.05) is 0 Å². The number of nitrogens with one attached hydrogen (secondary N) is 1. The molecule has 1 fully saturated rings. The third-order valence-electron chi connectivity index (χ3n) is 3.74. The van der Waals surface area contributed by atoms with E-state index in [-0.39, 0.29) is 5.69 Å². The average molecular weight is 313 g/mol. The van der Waals surface area contributed by atoms with Crippen molar-refractivity contribution < 1.29 is 9.53 Å². The Kier molecular flexibility index (Phi) is 4.38. The number of primary amides is 1. The first kappa shape index (κ1) is 15.2. The van der Waals surface area contributed by atoms with E-state index in [1.54, 1.807) is 0 Å². The maximum absolute atomic E-state index is 11.4. The fourth-order valence-electron chi connectivity index (χ4n) is 2.64. The fourth-order valence-corrected chi connectivity index (χ4v) is 2.64.